The predicted octanol–water partition coefficient (Wildman–Crippen LogP) is 1.31. The number of hydrogen-bond donors (Lipinski definition) is 2. The van der Waals surface area contributed by atoms with Crippen LogP contribution in [0.2, 0.25) is 0 Å². The molecule has 2 aromatic carbocycles. The first-order chi connectivity index (χ1) is 12.5. The zero-order chi connectivity index (χ0) is 20.2. The van der Waals surface area contributed by atoms with Crippen molar-refractivity contribution >= 4 is 37.3 Å². The number of hydrogen-bond acceptors (Lipinski definition) is 5. The second kappa shape index (κ2) is 8.07. The van der Waals surface area contributed by atoms with Crippen molar-refractivity contribution in [3.8, 4) is 0 Å². The van der Waals surface area contributed by atoms with Crippen LogP contribution >= 0.6 is 0 Å². The van der Waals surface area contributed by atoms with Gasteiger partial charge >= 0.3 is 0 Å². The zero-order valence-electron chi connectivity index (χ0n) is 15.1. The lowest BCUT2D eigenvalue weighted by Crippen LogP contribution is -2.37. The van der Waals surface area contributed by atoms with E-state index in [1.54, 1.807) is 31.2 Å². The van der Waals surface area contributed by atoms with Gasteiger partial charge in [0.25, 0.3) is 0 Å². The minimum absolute atomic E-state index is 0.0562. The monoisotopic (exact) mass is 411 g/mol. The summed E-state index contributed by atoms with van der Waals surface area (Å²) >= 11 is 0. The standard InChI is InChI=1S/C17H21N3O5S2/c1-13-6-4-5-7-16(13)20(26(3,22)23)12-17(21)19-14-8-10-15(11-9-14)27(24,25)18-2/h4-11,18H,12H2,1-3H3,(H,19,21). The molecule has 0 spiro atoms. The summed E-state index contributed by atoms with van der Waals surface area (Å²) in [4.78, 5) is 12.4. The number of anilines is 2. The van der Waals surface area contributed by atoms with Crippen LogP contribution in [0.5, 0.6) is 0 Å². The molecule has 2 rings (SSSR count). The van der Waals surface area contributed by atoms with E-state index in [1.165, 1.54) is 31.3 Å². The Balaban J connectivity index is 2.19. The van der Waals surface area contributed by atoms with Gasteiger partial charge in [-0.25, -0.2) is 21.6 Å². The number of nitrogens with zero attached hydrogens (tertiary/aromatic N) is 1. The molecule has 0 saturated heterocycles. The van der Waals surface area contributed by atoms with Crippen molar-refractivity contribution in [2.24, 2.45) is 0 Å². The fourth-order valence-corrected chi connectivity index (χ4v) is 4.03. The maximum atomic E-state index is 12.3. The summed E-state index contributed by atoms with van der Waals surface area (Å²) in [6.07, 6.45) is 1.03. The number of carbonyl (C=O) groups excluding carboxylic acids is 1. The van der Waals surface area contributed by atoms with E-state index >= 15 is 0 Å². The molecule has 0 aromatic heterocycles. The van der Waals surface area contributed by atoms with E-state index < -0.39 is 32.5 Å². The number of nitrogens with one attached hydrogen (secondary N) is 2. The second-order valence-electron chi connectivity index (χ2n) is 5.84. The Morgan fingerprint density at radius 2 is 1.59 bits per heavy atom. The predicted molar refractivity (Wildman–Crippen MR) is 105 cm³/mol. The molecule has 10 heteroatoms. The third-order valence-electron chi connectivity index (χ3n) is 3.79. The average molecular weight is 412 g/mol. The summed E-state index contributed by atoms with van der Waals surface area (Å²) in [6, 6.07) is 12.4. The molecule has 0 aliphatic heterocycles. The highest BCUT2D eigenvalue weighted by atomic mass is 32.2. The van der Waals surface area contributed by atoms with Crippen molar-refractivity contribution in [1.82, 2.24) is 4.72 Å². The van der Waals surface area contributed by atoms with Crippen molar-refractivity contribution in [2.45, 2.75) is 11.8 Å². The van der Waals surface area contributed by atoms with Crippen LogP contribution in [0.3, 0.4) is 0 Å². The number of aryl methyl sites for hydroxylation is 1. The highest BCUT2D eigenvalue weighted by Crippen LogP contribution is 2.22. The Labute approximate surface area is 159 Å². The van der Waals surface area contributed by atoms with E-state index in [0.717, 1.165) is 16.1 Å². The molecular formula is C17H21N3O5S2. The lowest BCUT2D eigenvalue weighted by Gasteiger charge is -2.23. The van der Waals surface area contributed by atoms with Crippen LogP contribution in [0, 0.1) is 6.92 Å². The van der Waals surface area contributed by atoms with Crippen molar-refractivity contribution in [3.05, 3.63) is 54.1 Å². The average Bonchev–Trinajstić information content (AvgIpc) is 2.60. The maximum Gasteiger partial charge on any atom is 0.245 e. The first kappa shape index (κ1) is 20.9. The molecule has 0 atom stereocenters. The van der Waals surface area contributed by atoms with Gasteiger partial charge in [0.1, 0.15) is 6.54 Å². The molecule has 0 aliphatic carbocycles. The summed E-state index contributed by atoms with van der Waals surface area (Å²) in [5, 5.41) is 2.57. The van der Waals surface area contributed by atoms with Crippen molar-refractivity contribution < 1.29 is 21.6 Å². The third kappa shape index (κ3) is 5.28. The van der Waals surface area contributed by atoms with E-state index in [2.05, 4.69) is 10.0 Å². The molecule has 8 nitrogen and oxygen atoms in total. The molecule has 0 saturated carbocycles. The molecule has 1 amide bonds. The number of benzene rings is 2. The summed E-state index contributed by atoms with van der Waals surface area (Å²) in [5.41, 5.74) is 1.50. The first-order valence-corrected chi connectivity index (χ1v) is 11.2. The fraction of sp³-hybridized carbons (Fsp3) is 0.235. The Morgan fingerprint density at radius 3 is 2.11 bits per heavy atom. The lowest BCUT2D eigenvalue weighted by atomic mass is 10.2. The van der Waals surface area contributed by atoms with Gasteiger partial charge in [-0.05, 0) is 49.9 Å². The van der Waals surface area contributed by atoms with Gasteiger partial charge in [0.15, 0.2) is 0 Å². The minimum atomic E-state index is -3.67. The van der Waals surface area contributed by atoms with Crippen molar-refractivity contribution in [2.75, 3.05) is 29.5 Å². The van der Waals surface area contributed by atoms with E-state index in [0.29, 0.717) is 11.4 Å². The summed E-state index contributed by atoms with van der Waals surface area (Å²) in [7, 11) is -5.94. The van der Waals surface area contributed by atoms with E-state index in [-0.39, 0.29) is 4.90 Å². The first-order valence-electron chi connectivity index (χ1n) is 7.91. The smallest absolute Gasteiger partial charge is 0.245 e. The lowest BCUT2D eigenvalue weighted by molar-refractivity contribution is -0.114. The van der Waals surface area contributed by atoms with Crippen molar-refractivity contribution in [3.63, 3.8) is 0 Å². The van der Waals surface area contributed by atoms with Gasteiger partial charge in [0, 0.05) is 5.69 Å². The molecule has 0 heterocycles. The zero-order valence-corrected chi connectivity index (χ0v) is 16.8. The van der Waals surface area contributed by atoms with Gasteiger partial charge < -0.3 is 5.32 Å². The second-order valence-corrected chi connectivity index (χ2v) is 9.63. The van der Waals surface area contributed by atoms with Crippen LogP contribution < -0.4 is 14.3 Å². The Morgan fingerprint density at radius 1 is 1.00 bits per heavy atom. The number of sulfonamides is 2. The molecular weight excluding hydrogens is 390 g/mol. The van der Waals surface area contributed by atoms with Crippen LogP contribution in [-0.4, -0.2) is 42.6 Å². The minimum Gasteiger partial charge on any atom is -0.325 e. The molecule has 0 radical (unpaired) electrons. The fourth-order valence-electron chi connectivity index (χ4n) is 2.39. The normalized spacial score (nSPS) is 11.8. The molecule has 0 unspecified atom stereocenters. The van der Waals surface area contributed by atoms with Gasteiger partial charge in [0.2, 0.25) is 26.0 Å². The Kier molecular flexibility index (Phi) is 6.24. The molecule has 0 aliphatic rings. The van der Waals surface area contributed by atoms with Crippen LogP contribution in [-0.2, 0) is 24.8 Å². The largest absolute Gasteiger partial charge is 0.325 e. The molecule has 2 N–H and O–H groups in total. The van der Waals surface area contributed by atoms with E-state index in [1.807, 2.05) is 0 Å². The number of amides is 1. The van der Waals surface area contributed by atoms with Gasteiger partial charge in [-0.2, -0.15) is 0 Å². The third-order valence-corrected chi connectivity index (χ3v) is 6.35. The topological polar surface area (TPSA) is 113 Å². The molecule has 0 fully saturated rings. The Hall–Kier alpha value is -2.43. The SMILES string of the molecule is CNS(=O)(=O)c1ccc(NC(=O)CN(c2ccccc2C)S(C)(=O)=O)cc1. The van der Waals surface area contributed by atoms with E-state index in [9.17, 15) is 21.6 Å². The van der Waals surface area contributed by atoms with Crippen molar-refractivity contribution in [1.29, 1.82) is 0 Å². The highest BCUT2D eigenvalue weighted by Gasteiger charge is 2.22. The molecule has 146 valence electrons. The molecule has 27 heavy (non-hydrogen) atoms. The highest BCUT2D eigenvalue weighted by molar-refractivity contribution is 7.92. The number of rotatable bonds is 7. The van der Waals surface area contributed by atoms with Gasteiger partial charge in [-0.1, -0.05) is 18.2 Å². The molecule has 2 aromatic rings. The molecule has 0 bridgehead atoms. The number of carbonyl (C=O) groups is 1. The van der Waals surface area contributed by atoms with Gasteiger partial charge in [0.05, 0.1) is 16.8 Å². The summed E-state index contributed by atoms with van der Waals surface area (Å²) in [6.45, 7) is 1.35. The number of para-hydroxylation sites is 1. The van der Waals surface area contributed by atoms with Crippen LogP contribution in [0.4, 0.5) is 11.4 Å². The van der Waals surface area contributed by atoms with Crippen LogP contribution in [0.1, 0.15) is 5.56 Å². The summed E-state index contributed by atoms with van der Waals surface area (Å²) < 4.78 is 50.9. The Bertz CT molecular complexity index is 1030. The van der Waals surface area contributed by atoms with Crippen LogP contribution in [0.25, 0.3) is 0 Å². The summed E-state index contributed by atoms with van der Waals surface area (Å²) in [5.74, 6) is -0.548. The van der Waals surface area contributed by atoms with Crippen LogP contribution in [0.15, 0.2) is 53.4 Å². The quantitative estimate of drug-likeness (QED) is 0.713. The maximum absolute atomic E-state index is 12.3. The van der Waals surface area contributed by atoms with Gasteiger partial charge in [-0.3, -0.25) is 9.10 Å². The van der Waals surface area contributed by atoms with Gasteiger partial charge in [-0.15, -0.1) is 0 Å². The van der Waals surface area contributed by atoms with E-state index in [4.69, 9.17) is 0 Å².